The van der Waals surface area contributed by atoms with Gasteiger partial charge in [0, 0.05) is 24.7 Å². The second kappa shape index (κ2) is 9.16. The summed E-state index contributed by atoms with van der Waals surface area (Å²) in [6.07, 6.45) is 0.616. The van der Waals surface area contributed by atoms with Crippen molar-refractivity contribution in [2.45, 2.75) is 50.7 Å². The van der Waals surface area contributed by atoms with Crippen LogP contribution < -0.4 is 10.1 Å². The van der Waals surface area contributed by atoms with Gasteiger partial charge in [0.25, 0.3) is 5.91 Å². The molecule has 0 radical (unpaired) electrons. The van der Waals surface area contributed by atoms with E-state index in [1.54, 1.807) is 31.4 Å². The number of nitrogens with zero attached hydrogens (tertiary/aromatic N) is 1. The molecule has 1 heterocycles. The Morgan fingerprint density at radius 2 is 1.86 bits per heavy atom. The van der Waals surface area contributed by atoms with E-state index in [0.29, 0.717) is 30.8 Å². The van der Waals surface area contributed by atoms with Gasteiger partial charge in [-0.15, -0.1) is 0 Å². The average molecular weight is 398 g/mol. The van der Waals surface area contributed by atoms with Crippen molar-refractivity contribution in [2.24, 2.45) is 11.8 Å². The fourth-order valence-corrected chi connectivity index (χ4v) is 4.43. The lowest BCUT2D eigenvalue weighted by atomic mass is 9.83. The zero-order chi connectivity index (χ0) is 20.1. The van der Waals surface area contributed by atoms with Crippen molar-refractivity contribution >= 4 is 5.91 Å². The van der Waals surface area contributed by atoms with E-state index in [-0.39, 0.29) is 30.8 Å². The van der Waals surface area contributed by atoms with Crippen molar-refractivity contribution in [3.63, 3.8) is 0 Å². The van der Waals surface area contributed by atoms with E-state index in [4.69, 9.17) is 4.74 Å². The molecule has 1 saturated heterocycles. The average Bonchev–Trinajstić information content (AvgIpc) is 2.69. The molecule has 1 saturated carbocycles. The van der Waals surface area contributed by atoms with Crippen LogP contribution >= 0.6 is 0 Å². The molecule has 3 atom stereocenters. The number of likely N-dealkylation sites (tertiary alicyclic amines) is 1. The monoisotopic (exact) mass is 398 g/mol. The Balaban J connectivity index is 1.59. The first-order chi connectivity index (χ1) is 13.4. The van der Waals surface area contributed by atoms with Crippen LogP contribution in [0.3, 0.4) is 0 Å². The summed E-state index contributed by atoms with van der Waals surface area (Å²) in [5, 5.41) is 3.13. The Morgan fingerprint density at radius 3 is 2.54 bits per heavy atom. The zero-order valence-electron chi connectivity index (χ0n) is 16.3. The number of nitrogens with one attached hydrogen (secondary N) is 1. The third-order valence-electron chi connectivity index (χ3n) is 6.04. The van der Waals surface area contributed by atoms with Gasteiger partial charge in [0.1, 0.15) is 5.75 Å². The lowest BCUT2D eigenvalue weighted by Gasteiger charge is -2.39. The predicted octanol–water partition coefficient (Wildman–Crippen LogP) is 4.26. The van der Waals surface area contributed by atoms with Crippen molar-refractivity contribution in [1.29, 1.82) is 0 Å². The first-order valence-corrected chi connectivity index (χ1v) is 10.1. The Labute approximate surface area is 164 Å². The lowest BCUT2D eigenvalue weighted by molar-refractivity contribution is -0.187. The number of benzene rings is 1. The Morgan fingerprint density at radius 1 is 1.14 bits per heavy atom. The molecule has 1 aromatic rings. The molecule has 1 amide bonds. The number of carbonyl (C=O) groups is 1. The van der Waals surface area contributed by atoms with Crippen LogP contribution in [0.1, 0.15) is 48.9 Å². The highest BCUT2D eigenvalue weighted by molar-refractivity contribution is 5.94. The number of rotatable bonds is 5. The van der Waals surface area contributed by atoms with E-state index in [1.165, 1.54) is 0 Å². The highest BCUT2D eigenvalue weighted by Gasteiger charge is 2.42. The minimum Gasteiger partial charge on any atom is -0.497 e. The predicted molar refractivity (Wildman–Crippen MR) is 101 cm³/mol. The first kappa shape index (κ1) is 21.0. The van der Waals surface area contributed by atoms with Gasteiger partial charge in [0.05, 0.1) is 13.0 Å². The number of alkyl halides is 3. The first-order valence-electron chi connectivity index (χ1n) is 10.1. The summed E-state index contributed by atoms with van der Waals surface area (Å²) in [6.45, 7) is 1.42. The fraction of sp³-hybridized carbons (Fsp3) is 0.667. The van der Waals surface area contributed by atoms with E-state index >= 15 is 0 Å². The van der Waals surface area contributed by atoms with Gasteiger partial charge in [0.15, 0.2) is 0 Å². The van der Waals surface area contributed by atoms with Crippen LogP contribution in [0.25, 0.3) is 0 Å². The van der Waals surface area contributed by atoms with Crippen LogP contribution in [0.2, 0.25) is 0 Å². The van der Waals surface area contributed by atoms with E-state index < -0.39 is 12.1 Å². The molecule has 2 unspecified atom stereocenters. The second-order valence-corrected chi connectivity index (χ2v) is 7.99. The van der Waals surface area contributed by atoms with Gasteiger partial charge >= 0.3 is 6.18 Å². The summed E-state index contributed by atoms with van der Waals surface area (Å²) in [6, 6.07) is 6.96. The number of carbonyl (C=O) groups excluding carboxylic acids is 1. The Kier molecular flexibility index (Phi) is 6.86. The summed E-state index contributed by atoms with van der Waals surface area (Å²) < 4.78 is 44.4. The molecule has 2 fully saturated rings. The minimum atomic E-state index is -4.12. The molecule has 4 nitrogen and oxygen atoms in total. The number of amides is 1. The van der Waals surface area contributed by atoms with Crippen LogP contribution in [-0.4, -0.2) is 49.8 Å². The Hall–Kier alpha value is -1.76. The van der Waals surface area contributed by atoms with E-state index in [1.807, 2.05) is 4.90 Å². The third kappa shape index (κ3) is 5.40. The number of halogens is 3. The highest BCUT2D eigenvalue weighted by atomic mass is 19.4. The molecule has 0 aromatic heterocycles. The summed E-state index contributed by atoms with van der Waals surface area (Å²) >= 11 is 0. The maximum absolute atomic E-state index is 13.1. The summed E-state index contributed by atoms with van der Waals surface area (Å²) in [7, 11) is 1.58. The third-order valence-corrected chi connectivity index (χ3v) is 6.04. The van der Waals surface area contributed by atoms with Crippen molar-refractivity contribution < 1.29 is 22.7 Å². The summed E-state index contributed by atoms with van der Waals surface area (Å²) in [4.78, 5) is 14.6. The van der Waals surface area contributed by atoms with Crippen LogP contribution in [0.5, 0.6) is 5.75 Å². The largest absolute Gasteiger partial charge is 0.497 e. The highest BCUT2D eigenvalue weighted by Crippen LogP contribution is 2.34. The zero-order valence-corrected chi connectivity index (χ0v) is 16.3. The van der Waals surface area contributed by atoms with E-state index in [2.05, 4.69) is 5.32 Å². The molecule has 1 N–H and O–H groups in total. The molecule has 0 spiro atoms. The SMILES string of the molecule is COc1ccc(C(=O)NC2CCCC[C@H]2CN2CCCC(C(F)(F)F)C2)cc1. The van der Waals surface area contributed by atoms with Gasteiger partial charge in [-0.1, -0.05) is 12.8 Å². The molecule has 1 aromatic carbocycles. The van der Waals surface area contributed by atoms with E-state index in [0.717, 1.165) is 25.7 Å². The van der Waals surface area contributed by atoms with Gasteiger partial charge in [-0.25, -0.2) is 0 Å². The van der Waals surface area contributed by atoms with Crippen LogP contribution in [0, 0.1) is 11.8 Å². The van der Waals surface area contributed by atoms with Gasteiger partial charge in [-0.05, 0) is 62.4 Å². The van der Waals surface area contributed by atoms with Crippen molar-refractivity contribution in [3.05, 3.63) is 29.8 Å². The number of ether oxygens (including phenoxy) is 1. The molecule has 156 valence electrons. The molecule has 1 aliphatic heterocycles. The minimum absolute atomic E-state index is 0.00890. The molecular formula is C21H29F3N2O2. The van der Waals surface area contributed by atoms with Crippen LogP contribution in [0.4, 0.5) is 13.2 Å². The molecule has 1 aliphatic carbocycles. The normalized spacial score (nSPS) is 26.6. The maximum atomic E-state index is 13.1. The molecule has 2 aliphatic rings. The smallest absolute Gasteiger partial charge is 0.393 e. The Bertz CT molecular complexity index is 648. The lowest BCUT2D eigenvalue weighted by Crippen LogP contribution is -2.49. The summed E-state index contributed by atoms with van der Waals surface area (Å²) in [5.74, 6) is -0.470. The van der Waals surface area contributed by atoms with Crippen molar-refractivity contribution in [3.8, 4) is 5.75 Å². The summed E-state index contributed by atoms with van der Waals surface area (Å²) in [5.41, 5.74) is 0.570. The van der Waals surface area contributed by atoms with E-state index in [9.17, 15) is 18.0 Å². The van der Waals surface area contributed by atoms with Gasteiger partial charge < -0.3 is 15.0 Å². The number of piperidine rings is 1. The maximum Gasteiger partial charge on any atom is 0.393 e. The second-order valence-electron chi connectivity index (χ2n) is 7.99. The molecule has 3 rings (SSSR count). The van der Waals surface area contributed by atoms with Crippen LogP contribution in [0.15, 0.2) is 24.3 Å². The van der Waals surface area contributed by atoms with Gasteiger partial charge in [-0.3, -0.25) is 4.79 Å². The number of methoxy groups -OCH3 is 1. The van der Waals surface area contributed by atoms with Gasteiger partial charge in [0.2, 0.25) is 0 Å². The molecule has 7 heteroatoms. The number of hydrogen-bond donors (Lipinski definition) is 1. The van der Waals surface area contributed by atoms with Crippen molar-refractivity contribution in [2.75, 3.05) is 26.7 Å². The molecule has 28 heavy (non-hydrogen) atoms. The molecular weight excluding hydrogens is 369 g/mol. The number of hydrogen-bond acceptors (Lipinski definition) is 3. The van der Waals surface area contributed by atoms with Crippen molar-refractivity contribution in [1.82, 2.24) is 10.2 Å². The topological polar surface area (TPSA) is 41.6 Å². The van der Waals surface area contributed by atoms with Gasteiger partial charge in [-0.2, -0.15) is 13.2 Å². The van der Waals surface area contributed by atoms with Crippen LogP contribution in [-0.2, 0) is 0 Å². The quantitative estimate of drug-likeness (QED) is 0.806. The fourth-order valence-electron chi connectivity index (χ4n) is 4.43. The standard InChI is InChI=1S/C21H29F3N2O2/c1-28-18-10-8-15(9-11-18)20(27)25-19-7-3-2-5-16(19)13-26-12-4-6-17(14-26)21(22,23)24/h8-11,16-17,19H,2-7,12-14H2,1H3,(H,25,27)/t16-,17?,19?/m0/s1. The molecule has 0 bridgehead atoms.